The zero-order valence-electron chi connectivity index (χ0n) is 26.1. The summed E-state index contributed by atoms with van der Waals surface area (Å²) in [4.78, 5) is 25.7. The molecule has 0 atom stereocenters. The van der Waals surface area contributed by atoms with E-state index in [1.807, 2.05) is 13.0 Å². The summed E-state index contributed by atoms with van der Waals surface area (Å²) in [6, 6.07) is 16.5. The molecule has 2 aromatic carbocycles. The third kappa shape index (κ3) is 9.24. The number of urea groups is 1. The topological polar surface area (TPSA) is 151 Å². The van der Waals surface area contributed by atoms with Crippen LogP contribution in [-0.2, 0) is 26.4 Å². The van der Waals surface area contributed by atoms with Crippen molar-refractivity contribution in [3.05, 3.63) is 96.2 Å². The number of rotatable bonds is 10. The number of nitrogens with zero attached hydrogens (tertiary/aromatic N) is 4. The average molecular weight is 683 g/mol. The van der Waals surface area contributed by atoms with Crippen LogP contribution < -0.4 is 19.7 Å². The number of hydrogen-bond donors (Lipinski definition) is 2. The van der Waals surface area contributed by atoms with E-state index in [2.05, 4.69) is 24.9 Å². The average Bonchev–Trinajstić information content (AvgIpc) is 3.00. The van der Waals surface area contributed by atoms with E-state index >= 15 is 0 Å². The van der Waals surface area contributed by atoms with Crippen LogP contribution in [0.4, 0.5) is 26.2 Å². The van der Waals surface area contributed by atoms with Crippen molar-refractivity contribution in [1.82, 2.24) is 14.9 Å². The largest absolute Gasteiger partial charge is 0.438 e. The zero-order chi connectivity index (χ0) is 33.8. The Hall–Kier alpha value is -4.60. The van der Waals surface area contributed by atoms with Gasteiger partial charge < -0.3 is 10.1 Å². The fourth-order valence-electron chi connectivity index (χ4n) is 5.28. The molecule has 12 nitrogen and oxygen atoms in total. The lowest BCUT2D eigenvalue weighted by molar-refractivity contribution is 0.199. The first-order valence-corrected chi connectivity index (χ1v) is 18.5. The van der Waals surface area contributed by atoms with Crippen LogP contribution in [0.15, 0.2) is 84.0 Å². The fourth-order valence-corrected chi connectivity index (χ4v) is 6.65. The first-order valence-electron chi connectivity index (χ1n) is 14.7. The second-order valence-corrected chi connectivity index (χ2v) is 15.1. The molecule has 0 spiro atoms. The van der Waals surface area contributed by atoms with Crippen molar-refractivity contribution in [3.8, 4) is 11.6 Å². The summed E-state index contributed by atoms with van der Waals surface area (Å²) < 4.78 is 70.2. The number of piperidine rings is 1. The molecular weight excluding hydrogens is 648 g/mol. The van der Waals surface area contributed by atoms with E-state index in [1.54, 1.807) is 47.6 Å². The molecule has 2 aromatic heterocycles. The second kappa shape index (κ2) is 14.0. The summed E-state index contributed by atoms with van der Waals surface area (Å²) in [5.74, 6) is -0.246. The highest BCUT2D eigenvalue weighted by molar-refractivity contribution is 7.92. The van der Waals surface area contributed by atoms with E-state index in [0.29, 0.717) is 43.9 Å². The maximum absolute atomic E-state index is 14.2. The molecule has 4 aromatic rings. The molecule has 1 aliphatic rings. The van der Waals surface area contributed by atoms with Gasteiger partial charge in [-0.2, -0.15) is 0 Å². The van der Waals surface area contributed by atoms with E-state index in [9.17, 15) is 26.0 Å². The number of carbonyl (C=O) groups is 1. The minimum absolute atomic E-state index is 0.0133. The molecule has 15 heteroatoms. The summed E-state index contributed by atoms with van der Waals surface area (Å²) in [6.07, 6.45) is 6.51. The molecule has 1 aliphatic heterocycles. The SMILES string of the molecule is Cc1ccc(NC(=O)N(c2cccc(F)c2)C2CCN(Cc3ccc(Oc4ccc(NS(C)(=O)=O)cc4S(C)(=O)=O)nc3)CC2)cn1. The molecule has 2 amide bonds. The number of amides is 2. The fraction of sp³-hybridized carbons (Fsp3) is 0.281. The van der Waals surface area contributed by atoms with E-state index in [1.165, 1.54) is 30.3 Å². The highest BCUT2D eigenvalue weighted by Crippen LogP contribution is 2.31. The predicted molar refractivity (Wildman–Crippen MR) is 177 cm³/mol. The number of aryl methyl sites for hydroxylation is 1. The Bertz CT molecular complexity index is 1950. The number of nitrogens with one attached hydrogen (secondary N) is 2. The molecule has 1 fully saturated rings. The number of anilines is 3. The van der Waals surface area contributed by atoms with Crippen LogP contribution in [0.2, 0.25) is 0 Å². The number of sulfonamides is 1. The van der Waals surface area contributed by atoms with E-state index in [-0.39, 0.29) is 34.3 Å². The van der Waals surface area contributed by atoms with Crippen molar-refractivity contribution in [2.24, 2.45) is 0 Å². The zero-order valence-corrected chi connectivity index (χ0v) is 27.7. The van der Waals surface area contributed by atoms with Crippen LogP contribution >= 0.6 is 0 Å². The molecule has 0 aliphatic carbocycles. The van der Waals surface area contributed by atoms with Gasteiger partial charge in [-0.05, 0) is 73.9 Å². The van der Waals surface area contributed by atoms with Gasteiger partial charge in [-0.25, -0.2) is 31.0 Å². The lowest BCUT2D eigenvalue weighted by Gasteiger charge is -2.38. The van der Waals surface area contributed by atoms with Gasteiger partial charge in [0.2, 0.25) is 15.9 Å². The van der Waals surface area contributed by atoms with Crippen molar-refractivity contribution < 1.29 is 30.8 Å². The minimum Gasteiger partial charge on any atom is -0.438 e. The molecule has 47 heavy (non-hydrogen) atoms. The van der Waals surface area contributed by atoms with Crippen LogP contribution in [0.3, 0.4) is 0 Å². The molecule has 0 radical (unpaired) electrons. The third-order valence-electron chi connectivity index (χ3n) is 7.45. The van der Waals surface area contributed by atoms with Crippen molar-refractivity contribution in [2.45, 2.75) is 37.2 Å². The van der Waals surface area contributed by atoms with Crippen LogP contribution in [0.25, 0.3) is 0 Å². The number of hydrogen-bond acceptors (Lipinski definition) is 9. The van der Waals surface area contributed by atoms with Gasteiger partial charge in [0.15, 0.2) is 9.84 Å². The molecule has 248 valence electrons. The number of benzene rings is 2. The molecule has 3 heterocycles. The third-order valence-corrected chi connectivity index (χ3v) is 9.18. The molecular formula is C32H35FN6O6S2. The number of ether oxygens (including phenoxy) is 1. The van der Waals surface area contributed by atoms with Gasteiger partial charge in [-0.3, -0.25) is 19.5 Å². The lowest BCUT2D eigenvalue weighted by Crippen LogP contribution is -2.49. The smallest absolute Gasteiger partial charge is 0.326 e. The van der Waals surface area contributed by atoms with Gasteiger partial charge in [-0.15, -0.1) is 0 Å². The van der Waals surface area contributed by atoms with Crippen molar-refractivity contribution in [2.75, 3.05) is 40.5 Å². The number of carbonyl (C=O) groups excluding carboxylic acids is 1. The van der Waals surface area contributed by atoms with E-state index < -0.39 is 25.7 Å². The predicted octanol–water partition coefficient (Wildman–Crippen LogP) is 5.19. The first kappa shape index (κ1) is 33.8. The number of likely N-dealkylation sites (tertiary alicyclic amines) is 1. The van der Waals surface area contributed by atoms with Crippen molar-refractivity contribution in [1.29, 1.82) is 0 Å². The Kier molecular flexibility index (Phi) is 10.1. The number of halogens is 1. The number of pyridine rings is 2. The van der Waals surface area contributed by atoms with Crippen LogP contribution in [-0.4, -0.2) is 69.4 Å². The van der Waals surface area contributed by atoms with Gasteiger partial charge in [0, 0.05) is 55.6 Å². The summed E-state index contributed by atoms with van der Waals surface area (Å²) in [6.45, 7) is 3.80. The standard InChI is InChI=1S/C32H35FN6O6S2/c1-22-7-9-26(20-34-22)36-32(40)39(28-6-4-5-24(33)17-28)27-13-15-38(16-14-27)21-23-8-12-31(35-19-23)45-29-11-10-25(37-47(3,43)44)18-30(29)46(2,41)42/h4-12,17-20,27,37H,13-16,21H2,1-3H3,(H,36,40). The van der Waals surface area contributed by atoms with E-state index in [4.69, 9.17) is 4.74 Å². The Morgan fingerprint density at radius 1 is 0.957 bits per heavy atom. The molecule has 2 N–H and O–H groups in total. The van der Waals surface area contributed by atoms with Crippen LogP contribution in [0.5, 0.6) is 11.6 Å². The van der Waals surface area contributed by atoms with Gasteiger partial charge >= 0.3 is 6.03 Å². The Labute approximate surface area is 273 Å². The summed E-state index contributed by atoms with van der Waals surface area (Å²) in [5.41, 5.74) is 2.84. The Morgan fingerprint density at radius 2 is 1.70 bits per heavy atom. The second-order valence-electron chi connectivity index (χ2n) is 11.4. The molecule has 5 rings (SSSR count). The van der Waals surface area contributed by atoms with Crippen LogP contribution in [0, 0.1) is 12.7 Å². The van der Waals surface area contributed by atoms with Gasteiger partial charge in [-0.1, -0.05) is 12.1 Å². The maximum atomic E-state index is 14.2. The highest BCUT2D eigenvalue weighted by atomic mass is 32.2. The maximum Gasteiger partial charge on any atom is 0.326 e. The lowest BCUT2D eigenvalue weighted by atomic mass is 10.0. The number of sulfone groups is 1. The van der Waals surface area contributed by atoms with Crippen molar-refractivity contribution >= 4 is 43.0 Å². The normalized spacial score (nSPS) is 14.4. The molecule has 0 unspecified atom stereocenters. The van der Waals surface area contributed by atoms with Gasteiger partial charge in [0.25, 0.3) is 0 Å². The minimum atomic E-state index is -3.76. The summed E-state index contributed by atoms with van der Waals surface area (Å²) in [5, 5.41) is 2.89. The molecule has 0 bridgehead atoms. The Balaban J connectivity index is 1.23. The number of aromatic nitrogens is 2. The van der Waals surface area contributed by atoms with Crippen LogP contribution in [0.1, 0.15) is 24.1 Å². The van der Waals surface area contributed by atoms with Gasteiger partial charge in [0.05, 0.1) is 23.8 Å². The van der Waals surface area contributed by atoms with Crippen molar-refractivity contribution in [3.63, 3.8) is 0 Å². The highest BCUT2D eigenvalue weighted by Gasteiger charge is 2.30. The van der Waals surface area contributed by atoms with Gasteiger partial charge in [0.1, 0.15) is 16.5 Å². The van der Waals surface area contributed by atoms with E-state index in [0.717, 1.165) is 23.8 Å². The summed E-state index contributed by atoms with van der Waals surface area (Å²) in [7, 11) is -7.36. The first-order chi connectivity index (χ1) is 22.2. The molecule has 0 saturated carbocycles. The molecule has 1 saturated heterocycles. The Morgan fingerprint density at radius 3 is 2.32 bits per heavy atom. The monoisotopic (exact) mass is 682 g/mol. The quantitative estimate of drug-likeness (QED) is 0.230. The summed E-state index contributed by atoms with van der Waals surface area (Å²) >= 11 is 0.